The van der Waals surface area contributed by atoms with Crippen LogP contribution in [0.5, 0.6) is 0 Å². The monoisotopic (exact) mass is 295 g/mol. The predicted molar refractivity (Wildman–Crippen MR) is 67.7 cm³/mol. The van der Waals surface area contributed by atoms with E-state index in [9.17, 15) is 4.79 Å². The lowest BCUT2D eigenvalue weighted by Crippen LogP contribution is -2.13. The molecule has 0 atom stereocenters. The van der Waals surface area contributed by atoms with Gasteiger partial charge in [-0.3, -0.25) is 4.79 Å². The molecule has 1 amide bonds. The van der Waals surface area contributed by atoms with Crippen molar-refractivity contribution in [2.24, 2.45) is 0 Å². The predicted octanol–water partition coefficient (Wildman–Crippen LogP) is 2.58. The Labute approximate surface area is 106 Å². The topological polar surface area (TPSA) is 81.2 Å². The van der Waals surface area contributed by atoms with Gasteiger partial charge in [0.15, 0.2) is 5.82 Å². The fourth-order valence-electron chi connectivity index (χ4n) is 1.33. The van der Waals surface area contributed by atoms with Gasteiger partial charge in [-0.05, 0) is 41.1 Å². The molecule has 0 aliphatic carbocycles. The zero-order valence-corrected chi connectivity index (χ0v) is 10.6. The minimum absolute atomic E-state index is 0.294. The van der Waals surface area contributed by atoms with Crippen molar-refractivity contribution in [2.45, 2.75) is 6.92 Å². The maximum absolute atomic E-state index is 11.9. The Balaban J connectivity index is 2.22. The van der Waals surface area contributed by atoms with Crippen LogP contribution in [0.15, 0.2) is 33.3 Å². The van der Waals surface area contributed by atoms with Crippen molar-refractivity contribution in [3.63, 3.8) is 0 Å². The van der Waals surface area contributed by atoms with Crippen LogP contribution < -0.4 is 11.1 Å². The highest BCUT2D eigenvalue weighted by Crippen LogP contribution is 2.20. The van der Waals surface area contributed by atoms with Gasteiger partial charge in [0, 0.05) is 16.2 Å². The molecule has 1 aromatic carbocycles. The number of hydrogen-bond acceptors (Lipinski definition) is 4. The zero-order valence-electron chi connectivity index (χ0n) is 9.03. The van der Waals surface area contributed by atoms with E-state index < -0.39 is 0 Å². The van der Waals surface area contributed by atoms with E-state index in [0.29, 0.717) is 27.3 Å². The van der Waals surface area contributed by atoms with Crippen LogP contribution in [0.2, 0.25) is 0 Å². The molecule has 0 aliphatic heterocycles. The number of carbonyl (C=O) groups excluding carboxylic acids is 1. The van der Waals surface area contributed by atoms with E-state index in [-0.39, 0.29) is 5.91 Å². The molecule has 0 saturated carbocycles. The Morgan fingerprint density at radius 1 is 1.47 bits per heavy atom. The standard InChI is InChI=1S/C11H10BrN3O2/c1-6-4-10(15-17-6)14-11(16)8-5-7(13)2-3-9(8)12/h2-5H,13H2,1H3,(H,14,15,16). The summed E-state index contributed by atoms with van der Waals surface area (Å²) in [5.74, 6) is 0.714. The van der Waals surface area contributed by atoms with Crippen molar-refractivity contribution in [3.8, 4) is 0 Å². The normalized spacial score (nSPS) is 10.2. The molecule has 2 aromatic rings. The Hall–Kier alpha value is -1.82. The van der Waals surface area contributed by atoms with Gasteiger partial charge in [-0.2, -0.15) is 0 Å². The zero-order chi connectivity index (χ0) is 12.4. The van der Waals surface area contributed by atoms with Crippen LogP contribution in [0.4, 0.5) is 11.5 Å². The second-order valence-electron chi connectivity index (χ2n) is 3.52. The smallest absolute Gasteiger partial charge is 0.258 e. The van der Waals surface area contributed by atoms with Gasteiger partial charge in [0.05, 0.1) is 5.56 Å². The molecular weight excluding hydrogens is 286 g/mol. The van der Waals surface area contributed by atoms with Crippen LogP contribution in [-0.4, -0.2) is 11.1 Å². The van der Waals surface area contributed by atoms with E-state index >= 15 is 0 Å². The van der Waals surface area contributed by atoms with Gasteiger partial charge in [-0.1, -0.05) is 5.16 Å². The summed E-state index contributed by atoms with van der Waals surface area (Å²) in [6, 6.07) is 6.66. The van der Waals surface area contributed by atoms with Gasteiger partial charge < -0.3 is 15.6 Å². The lowest BCUT2D eigenvalue weighted by Gasteiger charge is -2.04. The molecule has 0 spiro atoms. The minimum Gasteiger partial charge on any atom is -0.399 e. The molecule has 0 saturated heterocycles. The van der Waals surface area contributed by atoms with E-state index in [4.69, 9.17) is 10.3 Å². The number of nitrogens with one attached hydrogen (secondary N) is 1. The number of nitrogens with zero attached hydrogens (tertiary/aromatic N) is 1. The first-order valence-electron chi connectivity index (χ1n) is 4.86. The summed E-state index contributed by atoms with van der Waals surface area (Å²) < 4.78 is 5.52. The molecule has 0 unspecified atom stereocenters. The molecule has 0 bridgehead atoms. The number of aromatic nitrogens is 1. The average Bonchev–Trinajstić information content (AvgIpc) is 2.67. The lowest BCUT2D eigenvalue weighted by atomic mass is 10.2. The summed E-state index contributed by atoms with van der Waals surface area (Å²) in [5, 5.41) is 6.30. The molecule has 0 fully saturated rings. The van der Waals surface area contributed by atoms with Crippen molar-refractivity contribution in [1.82, 2.24) is 5.16 Å². The highest BCUT2D eigenvalue weighted by Gasteiger charge is 2.12. The first-order chi connectivity index (χ1) is 8.06. The third-order valence-corrected chi connectivity index (χ3v) is 2.80. The summed E-state index contributed by atoms with van der Waals surface area (Å²) in [5.41, 5.74) is 6.60. The van der Waals surface area contributed by atoms with E-state index in [0.717, 1.165) is 0 Å². The number of hydrogen-bond donors (Lipinski definition) is 2. The van der Waals surface area contributed by atoms with Crippen LogP contribution in [0.1, 0.15) is 16.1 Å². The molecule has 3 N–H and O–H groups in total. The summed E-state index contributed by atoms with van der Waals surface area (Å²) in [6.07, 6.45) is 0. The number of amides is 1. The van der Waals surface area contributed by atoms with Crippen LogP contribution in [0.25, 0.3) is 0 Å². The number of carbonyl (C=O) groups is 1. The summed E-state index contributed by atoms with van der Waals surface area (Å²) in [6.45, 7) is 1.75. The van der Waals surface area contributed by atoms with E-state index in [1.165, 1.54) is 0 Å². The maximum atomic E-state index is 11.9. The number of anilines is 2. The Kier molecular flexibility index (Phi) is 3.14. The van der Waals surface area contributed by atoms with Crippen molar-refractivity contribution in [2.75, 3.05) is 11.1 Å². The number of rotatable bonds is 2. The van der Waals surface area contributed by atoms with Gasteiger partial charge in [-0.15, -0.1) is 0 Å². The van der Waals surface area contributed by atoms with Gasteiger partial charge in [0.25, 0.3) is 5.91 Å². The van der Waals surface area contributed by atoms with E-state index in [1.54, 1.807) is 31.2 Å². The largest absolute Gasteiger partial charge is 0.399 e. The summed E-state index contributed by atoms with van der Waals surface area (Å²) in [4.78, 5) is 11.9. The Morgan fingerprint density at radius 3 is 2.88 bits per heavy atom. The van der Waals surface area contributed by atoms with Crippen molar-refractivity contribution >= 4 is 33.3 Å². The molecule has 5 nitrogen and oxygen atoms in total. The number of benzene rings is 1. The fourth-order valence-corrected chi connectivity index (χ4v) is 1.75. The average molecular weight is 296 g/mol. The molecule has 0 radical (unpaired) electrons. The Morgan fingerprint density at radius 2 is 2.24 bits per heavy atom. The second-order valence-corrected chi connectivity index (χ2v) is 4.37. The first kappa shape index (κ1) is 11.7. The molecule has 1 aromatic heterocycles. The van der Waals surface area contributed by atoms with Crippen LogP contribution in [0, 0.1) is 6.92 Å². The van der Waals surface area contributed by atoms with Crippen LogP contribution in [0.3, 0.4) is 0 Å². The minimum atomic E-state index is -0.294. The van der Waals surface area contributed by atoms with Crippen LogP contribution >= 0.6 is 15.9 Å². The van der Waals surface area contributed by atoms with Crippen LogP contribution in [-0.2, 0) is 0 Å². The van der Waals surface area contributed by atoms with Crippen molar-refractivity contribution < 1.29 is 9.32 Å². The number of aryl methyl sites for hydroxylation is 1. The maximum Gasteiger partial charge on any atom is 0.258 e. The first-order valence-corrected chi connectivity index (χ1v) is 5.65. The molecule has 1 heterocycles. The molecule has 0 aliphatic rings. The third kappa shape index (κ3) is 2.65. The van der Waals surface area contributed by atoms with Crippen molar-refractivity contribution in [3.05, 3.63) is 40.1 Å². The Bertz CT molecular complexity index is 566. The number of halogens is 1. The molecule has 88 valence electrons. The second kappa shape index (κ2) is 4.58. The molecule has 17 heavy (non-hydrogen) atoms. The van der Waals surface area contributed by atoms with Gasteiger partial charge in [0.2, 0.25) is 0 Å². The number of nitrogens with two attached hydrogens (primary N) is 1. The van der Waals surface area contributed by atoms with E-state index in [2.05, 4.69) is 26.4 Å². The van der Waals surface area contributed by atoms with Crippen molar-refractivity contribution in [1.29, 1.82) is 0 Å². The highest BCUT2D eigenvalue weighted by atomic mass is 79.9. The van der Waals surface area contributed by atoms with Gasteiger partial charge in [0.1, 0.15) is 5.76 Å². The number of nitrogen functional groups attached to an aromatic ring is 1. The van der Waals surface area contributed by atoms with E-state index in [1.807, 2.05) is 0 Å². The highest BCUT2D eigenvalue weighted by molar-refractivity contribution is 9.10. The third-order valence-electron chi connectivity index (χ3n) is 2.10. The SMILES string of the molecule is Cc1cc(NC(=O)c2cc(N)ccc2Br)no1. The summed E-state index contributed by atoms with van der Waals surface area (Å²) >= 11 is 3.29. The van der Waals surface area contributed by atoms with Gasteiger partial charge >= 0.3 is 0 Å². The quantitative estimate of drug-likeness (QED) is 0.835. The fraction of sp³-hybridized carbons (Fsp3) is 0.0909. The lowest BCUT2D eigenvalue weighted by molar-refractivity contribution is 0.102. The molecule has 2 rings (SSSR count). The summed E-state index contributed by atoms with van der Waals surface area (Å²) in [7, 11) is 0. The molecule has 6 heteroatoms. The van der Waals surface area contributed by atoms with Gasteiger partial charge in [-0.25, -0.2) is 0 Å². The molecular formula is C11H10BrN3O2.